The third kappa shape index (κ3) is 4.79. The van der Waals surface area contributed by atoms with Crippen molar-refractivity contribution in [3.8, 4) is 11.3 Å². The number of hydrogen-bond acceptors (Lipinski definition) is 8. The van der Waals surface area contributed by atoms with E-state index >= 15 is 0 Å². The van der Waals surface area contributed by atoms with E-state index in [0.717, 1.165) is 23.3 Å². The van der Waals surface area contributed by atoms with Crippen LogP contribution in [0.4, 0.5) is 20.3 Å². The molecule has 1 unspecified atom stereocenters. The van der Waals surface area contributed by atoms with E-state index in [-0.39, 0.29) is 17.3 Å². The second-order valence-corrected chi connectivity index (χ2v) is 8.94. The fraction of sp³-hybridized carbons (Fsp3) is 0.320. The summed E-state index contributed by atoms with van der Waals surface area (Å²) in [4.78, 5) is 11.1. The predicted octanol–water partition coefficient (Wildman–Crippen LogP) is 4.56. The van der Waals surface area contributed by atoms with Crippen LogP contribution >= 0.6 is 0 Å². The summed E-state index contributed by atoms with van der Waals surface area (Å²) in [6, 6.07) is 5.21. The standard InChI is InChI=1S/C25H27F2N9O/c1-14-13-37-7-6-35(14)22-9-21(36-25(33-22)19(12-31-36)20-4-5-30-34-20)23(15(2)28)16(3)32-18-8-17(24(26)27)10-29-11-18/h4-5,8-12,14,24,28,32H,6-7,13H2,1-3H3,(H,30,34)/b23-16+,28-15?. The van der Waals surface area contributed by atoms with Crippen LogP contribution in [0.25, 0.3) is 22.5 Å². The van der Waals surface area contributed by atoms with Crippen LogP contribution in [0, 0.1) is 5.41 Å². The van der Waals surface area contributed by atoms with E-state index in [4.69, 9.17) is 15.1 Å². The van der Waals surface area contributed by atoms with Crippen molar-refractivity contribution in [3.63, 3.8) is 0 Å². The van der Waals surface area contributed by atoms with Gasteiger partial charge in [0.1, 0.15) is 5.82 Å². The molecule has 0 bridgehead atoms. The van der Waals surface area contributed by atoms with Gasteiger partial charge in [-0.2, -0.15) is 10.2 Å². The first-order valence-corrected chi connectivity index (χ1v) is 11.8. The molecule has 4 aromatic heterocycles. The van der Waals surface area contributed by atoms with Gasteiger partial charge in [0, 0.05) is 47.6 Å². The first-order valence-electron chi connectivity index (χ1n) is 11.8. The van der Waals surface area contributed by atoms with Crippen LogP contribution < -0.4 is 10.2 Å². The molecule has 3 N–H and O–H groups in total. The number of H-pyrrole nitrogens is 1. The van der Waals surface area contributed by atoms with Gasteiger partial charge in [0.05, 0.1) is 54.3 Å². The van der Waals surface area contributed by atoms with Crippen molar-refractivity contribution in [2.45, 2.75) is 33.2 Å². The minimum Gasteiger partial charge on any atom is -0.377 e. The first kappa shape index (κ1) is 24.5. The molecule has 5 heterocycles. The Morgan fingerprint density at radius 1 is 1.24 bits per heavy atom. The van der Waals surface area contributed by atoms with Crippen molar-refractivity contribution in [2.75, 3.05) is 30.0 Å². The van der Waals surface area contributed by atoms with E-state index in [1.807, 2.05) is 12.1 Å². The zero-order chi connectivity index (χ0) is 26.1. The van der Waals surface area contributed by atoms with Crippen molar-refractivity contribution in [3.05, 3.63) is 59.9 Å². The summed E-state index contributed by atoms with van der Waals surface area (Å²) >= 11 is 0. The summed E-state index contributed by atoms with van der Waals surface area (Å²) in [7, 11) is 0. The van der Waals surface area contributed by atoms with Gasteiger partial charge in [0.25, 0.3) is 6.43 Å². The molecule has 1 saturated heterocycles. The van der Waals surface area contributed by atoms with Crippen molar-refractivity contribution >= 4 is 28.4 Å². The molecule has 5 rings (SSSR count). The molecule has 0 saturated carbocycles. The van der Waals surface area contributed by atoms with Crippen molar-refractivity contribution in [1.82, 2.24) is 29.8 Å². The maximum Gasteiger partial charge on any atom is 0.265 e. The molecule has 0 aliphatic carbocycles. The van der Waals surface area contributed by atoms with E-state index in [0.29, 0.717) is 48.1 Å². The summed E-state index contributed by atoms with van der Waals surface area (Å²) in [5.74, 6) is 0.729. The number of aromatic amines is 1. The Hall–Kier alpha value is -4.19. The van der Waals surface area contributed by atoms with Crippen LogP contribution in [0.2, 0.25) is 0 Å². The van der Waals surface area contributed by atoms with Crippen molar-refractivity contribution in [2.24, 2.45) is 0 Å². The third-order valence-electron chi connectivity index (χ3n) is 6.26. The number of hydrogen-bond donors (Lipinski definition) is 3. The monoisotopic (exact) mass is 507 g/mol. The maximum absolute atomic E-state index is 13.2. The van der Waals surface area contributed by atoms with Gasteiger partial charge in [0.2, 0.25) is 0 Å². The third-order valence-corrected chi connectivity index (χ3v) is 6.26. The predicted molar refractivity (Wildman–Crippen MR) is 137 cm³/mol. The average molecular weight is 508 g/mol. The summed E-state index contributed by atoms with van der Waals surface area (Å²) < 4.78 is 33.8. The van der Waals surface area contributed by atoms with Gasteiger partial charge in [-0.15, -0.1) is 0 Å². The van der Waals surface area contributed by atoms with E-state index < -0.39 is 6.43 Å². The summed E-state index contributed by atoms with van der Waals surface area (Å²) in [6.07, 6.45) is 3.35. The molecule has 0 radical (unpaired) electrons. The van der Waals surface area contributed by atoms with Crippen LogP contribution in [0.1, 0.15) is 38.5 Å². The molecule has 0 amide bonds. The van der Waals surface area contributed by atoms with E-state index in [9.17, 15) is 8.78 Å². The maximum atomic E-state index is 13.2. The quantitative estimate of drug-likeness (QED) is 0.314. The number of alkyl halides is 2. The minimum atomic E-state index is -2.63. The number of allylic oxidation sites excluding steroid dienone is 2. The Bertz CT molecular complexity index is 1460. The number of pyridine rings is 1. The summed E-state index contributed by atoms with van der Waals surface area (Å²) in [5.41, 5.74) is 4.42. The fourth-order valence-electron chi connectivity index (χ4n) is 4.53. The Morgan fingerprint density at radius 2 is 2.08 bits per heavy atom. The number of morpholine rings is 1. The average Bonchev–Trinajstić information content (AvgIpc) is 3.54. The Balaban J connectivity index is 1.69. The van der Waals surface area contributed by atoms with Gasteiger partial charge in [0.15, 0.2) is 5.65 Å². The Labute approximate surface area is 211 Å². The molecule has 12 heteroatoms. The van der Waals surface area contributed by atoms with Gasteiger partial charge in [-0.05, 0) is 32.9 Å². The lowest BCUT2D eigenvalue weighted by atomic mass is 10.0. The van der Waals surface area contributed by atoms with Gasteiger partial charge in [-0.3, -0.25) is 10.1 Å². The number of halogens is 2. The highest BCUT2D eigenvalue weighted by molar-refractivity contribution is 6.22. The van der Waals surface area contributed by atoms with Crippen molar-refractivity contribution < 1.29 is 13.5 Å². The minimum absolute atomic E-state index is 0.103. The molecule has 192 valence electrons. The zero-order valence-corrected chi connectivity index (χ0v) is 20.7. The smallest absolute Gasteiger partial charge is 0.265 e. The number of rotatable bonds is 7. The highest BCUT2D eigenvalue weighted by atomic mass is 19.3. The van der Waals surface area contributed by atoms with Crippen LogP contribution in [0.15, 0.2) is 48.7 Å². The lowest BCUT2D eigenvalue weighted by Gasteiger charge is -2.34. The number of anilines is 2. The van der Waals surface area contributed by atoms with Crippen LogP contribution in [0.5, 0.6) is 0 Å². The molecule has 1 atom stereocenters. The Kier molecular flexibility index (Phi) is 6.66. The lowest BCUT2D eigenvalue weighted by molar-refractivity contribution is 0.0985. The van der Waals surface area contributed by atoms with Crippen LogP contribution in [-0.4, -0.2) is 61.3 Å². The number of fused-ring (bicyclic) bond motifs is 1. The van der Waals surface area contributed by atoms with Crippen LogP contribution in [0.3, 0.4) is 0 Å². The highest BCUT2D eigenvalue weighted by Gasteiger charge is 2.25. The largest absolute Gasteiger partial charge is 0.377 e. The number of aromatic nitrogens is 6. The fourth-order valence-corrected chi connectivity index (χ4v) is 4.53. The lowest BCUT2D eigenvalue weighted by Crippen LogP contribution is -2.44. The molecule has 1 aliphatic heterocycles. The highest BCUT2D eigenvalue weighted by Crippen LogP contribution is 2.31. The molecule has 0 aromatic carbocycles. The topological polar surface area (TPSA) is 120 Å². The van der Waals surface area contributed by atoms with Crippen molar-refractivity contribution in [1.29, 1.82) is 5.41 Å². The van der Waals surface area contributed by atoms with Gasteiger partial charge < -0.3 is 20.4 Å². The Morgan fingerprint density at radius 3 is 2.78 bits per heavy atom. The zero-order valence-electron chi connectivity index (χ0n) is 20.7. The van der Waals surface area contributed by atoms with E-state index in [1.165, 1.54) is 12.3 Å². The first-order chi connectivity index (χ1) is 17.8. The molecule has 1 aliphatic rings. The molecule has 1 fully saturated rings. The van der Waals surface area contributed by atoms with Gasteiger partial charge in [-0.25, -0.2) is 18.3 Å². The summed E-state index contributed by atoms with van der Waals surface area (Å²) in [5, 5.41) is 23.4. The number of nitrogens with zero attached hydrogens (tertiary/aromatic N) is 6. The second kappa shape index (κ2) is 10.1. The molecular formula is C25H27F2N9O. The van der Waals surface area contributed by atoms with Gasteiger partial charge in [-0.1, -0.05) is 0 Å². The molecule has 4 aromatic rings. The molecule has 37 heavy (non-hydrogen) atoms. The number of ether oxygens (including phenoxy) is 1. The number of nitrogens with one attached hydrogen (secondary N) is 3. The van der Waals surface area contributed by atoms with Gasteiger partial charge >= 0.3 is 0 Å². The van der Waals surface area contributed by atoms with Crippen LogP contribution in [-0.2, 0) is 4.74 Å². The molecule has 0 spiro atoms. The SMILES string of the molecule is CC(=N)/C(=C(/C)Nc1cncc(C(F)F)c1)c1cc(N2CCOCC2C)nc2c(-c3ccn[nH]3)cnn12. The normalized spacial score (nSPS) is 16.8. The van der Waals surface area contributed by atoms with E-state index in [1.54, 1.807) is 30.8 Å². The van der Waals surface area contributed by atoms with E-state index in [2.05, 4.69) is 37.4 Å². The second-order valence-electron chi connectivity index (χ2n) is 8.94. The molecule has 10 nitrogen and oxygen atoms in total. The molecular weight excluding hydrogens is 480 g/mol. The summed E-state index contributed by atoms with van der Waals surface area (Å²) in [6.45, 7) is 7.38.